The molecule has 21 heavy (non-hydrogen) atoms. The highest BCUT2D eigenvalue weighted by molar-refractivity contribution is 5.93. The molecule has 1 aliphatic heterocycles. The lowest BCUT2D eigenvalue weighted by molar-refractivity contribution is -0.126. The third-order valence-corrected chi connectivity index (χ3v) is 3.79. The predicted molar refractivity (Wildman–Crippen MR) is 83.0 cm³/mol. The molecule has 5 heteroatoms. The van der Waals surface area contributed by atoms with Crippen molar-refractivity contribution >= 4 is 17.5 Å². The Kier molecular flexibility index (Phi) is 4.96. The van der Waals surface area contributed by atoms with Crippen molar-refractivity contribution < 1.29 is 9.59 Å². The number of carbonyl (C=O) groups is 2. The first kappa shape index (κ1) is 15.5. The molecule has 3 N–H and O–H groups in total. The highest BCUT2D eigenvalue weighted by Crippen LogP contribution is 2.17. The number of nitrogens with zero attached hydrogens (tertiary/aromatic N) is 1. The highest BCUT2D eigenvalue weighted by atomic mass is 16.2. The number of nitrogens with one attached hydrogen (secondary N) is 1. The van der Waals surface area contributed by atoms with Crippen molar-refractivity contribution in [3.8, 4) is 0 Å². The number of primary amides is 1. The standard InChI is InChI=1S/C16H23N3O2/c1-11-7-12(2)9-13(8-11)18-15(20)10-19-6-4-3-5-14(19)16(17)21/h7-9,14H,3-6,10H2,1-2H3,(H2,17,21)(H,18,20). The maximum absolute atomic E-state index is 12.2. The molecule has 0 spiro atoms. The van der Waals surface area contributed by atoms with Crippen LogP contribution in [0, 0.1) is 13.8 Å². The number of anilines is 1. The molecule has 1 fully saturated rings. The van der Waals surface area contributed by atoms with Gasteiger partial charge in [-0.05, 0) is 56.5 Å². The minimum absolute atomic E-state index is 0.104. The molecular formula is C16H23N3O2. The Morgan fingerprint density at radius 1 is 1.24 bits per heavy atom. The number of nitrogens with two attached hydrogens (primary N) is 1. The van der Waals surface area contributed by atoms with Gasteiger partial charge in [0.05, 0.1) is 12.6 Å². The van der Waals surface area contributed by atoms with Gasteiger partial charge >= 0.3 is 0 Å². The van der Waals surface area contributed by atoms with Crippen molar-refractivity contribution in [1.82, 2.24) is 4.90 Å². The molecule has 1 aromatic carbocycles. The Morgan fingerprint density at radius 3 is 2.52 bits per heavy atom. The molecule has 114 valence electrons. The number of aryl methyl sites for hydroxylation is 2. The molecule has 5 nitrogen and oxygen atoms in total. The van der Waals surface area contributed by atoms with E-state index in [1.54, 1.807) is 0 Å². The van der Waals surface area contributed by atoms with Gasteiger partial charge in [-0.25, -0.2) is 0 Å². The summed E-state index contributed by atoms with van der Waals surface area (Å²) in [6.07, 6.45) is 2.73. The van der Waals surface area contributed by atoms with Crippen LogP contribution < -0.4 is 11.1 Å². The van der Waals surface area contributed by atoms with E-state index in [1.807, 2.05) is 30.9 Å². The van der Waals surface area contributed by atoms with Crippen LogP contribution in [-0.2, 0) is 9.59 Å². The smallest absolute Gasteiger partial charge is 0.238 e. The van der Waals surface area contributed by atoms with Gasteiger partial charge in [0.25, 0.3) is 0 Å². The molecule has 1 atom stereocenters. The van der Waals surface area contributed by atoms with Gasteiger partial charge in [-0.1, -0.05) is 12.5 Å². The summed E-state index contributed by atoms with van der Waals surface area (Å²) in [5.74, 6) is -0.443. The van der Waals surface area contributed by atoms with E-state index in [2.05, 4.69) is 11.4 Å². The number of benzene rings is 1. The van der Waals surface area contributed by atoms with Crippen molar-refractivity contribution in [3.63, 3.8) is 0 Å². The fraction of sp³-hybridized carbons (Fsp3) is 0.500. The van der Waals surface area contributed by atoms with E-state index >= 15 is 0 Å². The zero-order chi connectivity index (χ0) is 15.4. The van der Waals surface area contributed by atoms with Crippen molar-refractivity contribution in [3.05, 3.63) is 29.3 Å². The van der Waals surface area contributed by atoms with Crippen LogP contribution in [0.4, 0.5) is 5.69 Å². The number of rotatable bonds is 4. The average Bonchev–Trinajstić information content (AvgIpc) is 2.37. The fourth-order valence-electron chi connectivity index (χ4n) is 2.93. The molecular weight excluding hydrogens is 266 g/mol. The third kappa shape index (κ3) is 4.29. The van der Waals surface area contributed by atoms with E-state index in [4.69, 9.17) is 5.73 Å². The summed E-state index contributed by atoms with van der Waals surface area (Å²) in [6.45, 7) is 4.95. The molecule has 1 heterocycles. The largest absolute Gasteiger partial charge is 0.368 e. The third-order valence-electron chi connectivity index (χ3n) is 3.79. The van der Waals surface area contributed by atoms with E-state index < -0.39 is 0 Å². The molecule has 0 bridgehead atoms. The van der Waals surface area contributed by atoms with Crippen LogP contribution in [0.2, 0.25) is 0 Å². The van der Waals surface area contributed by atoms with Gasteiger partial charge in [-0.2, -0.15) is 0 Å². The first-order valence-electron chi connectivity index (χ1n) is 7.37. The molecule has 0 aromatic heterocycles. The quantitative estimate of drug-likeness (QED) is 0.883. The van der Waals surface area contributed by atoms with Crippen LogP contribution in [0.1, 0.15) is 30.4 Å². The second-order valence-electron chi connectivity index (χ2n) is 5.81. The first-order chi connectivity index (χ1) is 9.95. The van der Waals surface area contributed by atoms with Gasteiger partial charge in [-0.15, -0.1) is 0 Å². The Bertz CT molecular complexity index is 522. The van der Waals surface area contributed by atoms with E-state index in [0.29, 0.717) is 0 Å². The van der Waals surface area contributed by atoms with E-state index in [0.717, 1.165) is 42.6 Å². The molecule has 1 aromatic rings. The van der Waals surface area contributed by atoms with Gasteiger partial charge in [0.15, 0.2) is 0 Å². The van der Waals surface area contributed by atoms with Crippen LogP contribution >= 0.6 is 0 Å². The summed E-state index contributed by atoms with van der Waals surface area (Å²) in [4.78, 5) is 25.5. The predicted octanol–water partition coefficient (Wildman–Crippen LogP) is 1.58. The Morgan fingerprint density at radius 2 is 1.90 bits per heavy atom. The summed E-state index contributed by atoms with van der Waals surface area (Å²) in [6, 6.07) is 5.62. The van der Waals surface area contributed by atoms with Gasteiger partial charge in [0, 0.05) is 5.69 Å². The maximum Gasteiger partial charge on any atom is 0.238 e. The number of carbonyl (C=O) groups excluding carboxylic acids is 2. The number of likely N-dealkylation sites (tertiary alicyclic amines) is 1. The molecule has 1 saturated heterocycles. The second-order valence-corrected chi connectivity index (χ2v) is 5.81. The van der Waals surface area contributed by atoms with Crippen LogP contribution in [0.3, 0.4) is 0 Å². The number of piperidine rings is 1. The SMILES string of the molecule is Cc1cc(C)cc(NC(=O)CN2CCCCC2C(N)=O)c1. The van der Waals surface area contributed by atoms with Crippen LogP contribution in [0.25, 0.3) is 0 Å². The normalized spacial score (nSPS) is 19.2. The maximum atomic E-state index is 12.2. The van der Waals surface area contributed by atoms with Crippen LogP contribution in [0.15, 0.2) is 18.2 Å². The van der Waals surface area contributed by atoms with Gasteiger partial charge in [0.1, 0.15) is 0 Å². The van der Waals surface area contributed by atoms with Gasteiger partial charge in [0.2, 0.25) is 11.8 Å². The molecule has 0 saturated carbocycles. The molecule has 1 unspecified atom stereocenters. The van der Waals surface area contributed by atoms with Crippen LogP contribution in [-0.4, -0.2) is 35.8 Å². The van der Waals surface area contributed by atoms with Crippen molar-refractivity contribution in [2.75, 3.05) is 18.4 Å². The Labute approximate surface area is 125 Å². The topological polar surface area (TPSA) is 75.4 Å². The zero-order valence-corrected chi connectivity index (χ0v) is 12.7. The zero-order valence-electron chi connectivity index (χ0n) is 12.7. The highest BCUT2D eigenvalue weighted by Gasteiger charge is 2.28. The van der Waals surface area contributed by atoms with Crippen LogP contribution in [0.5, 0.6) is 0 Å². The minimum atomic E-state index is -0.339. The molecule has 0 radical (unpaired) electrons. The lowest BCUT2D eigenvalue weighted by Gasteiger charge is -2.32. The summed E-state index contributed by atoms with van der Waals surface area (Å²) < 4.78 is 0. The molecule has 1 aliphatic rings. The first-order valence-corrected chi connectivity index (χ1v) is 7.37. The Balaban J connectivity index is 1.98. The lowest BCUT2D eigenvalue weighted by Crippen LogP contribution is -2.50. The monoisotopic (exact) mass is 289 g/mol. The number of hydrogen-bond acceptors (Lipinski definition) is 3. The fourth-order valence-corrected chi connectivity index (χ4v) is 2.93. The van der Waals surface area contributed by atoms with Crippen molar-refractivity contribution in [2.45, 2.75) is 39.2 Å². The van der Waals surface area contributed by atoms with Gasteiger partial charge in [-0.3, -0.25) is 14.5 Å². The average molecular weight is 289 g/mol. The van der Waals surface area contributed by atoms with Gasteiger partial charge < -0.3 is 11.1 Å². The minimum Gasteiger partial charge on any atom is -0.368 e. The van der Waals surface area contributed by atoms with E-state index in [1.165, 1.54) is 0 Å². The summed E-state index contributed by atoms with van der Waals surface area (Å²) in [5.41, 5.74) is 8.43. The number of hydrogen-bond donors (Lipinski definition) is 2. The summed E-state index contributed by atoms with van der Waals surface area (Å²) in [5, 5.41) is 2.90. The number of amides is 2. The Hall–Kier alpha value is -1.88. The summed E-state index contributed by atoms with van der Waals surface area (Å²) in [7, 11) is 0. The van der Waals surface area contributed by atoms with E-state index in [-0.39, 0.29) is 24.4 Å². The lowest BCUT2D eigenvalue weighted by atomic mass is 10.0. The van der Waals surface area contributed by atoms with Crippen molar-refractivity contribution in [2.24, 2.45) is 5.73 Å². The van der Waals surface area contributed by atoms with E-state index in [9.17, 15) is 9.59 Å². The molecule has 2 amide bonds. The molecule has 2 rings (SSSR count). The van der Waals surface area contributed by atoms with Crippen molar-refractivity contribution in [1.29, 1.82) is 0 Å². The second kappa shape index (κ2) is 6.72. The summed E-state index contributed by atoms with van der Waals surface area (Å²) >= 11 is 0. The molecule has 0 aliphatic carbocycles.